The number of halogens is 1. The van der Waals surface area contributed by atoms with Crippen LogP contribution >= 0.6 is 24.0 Å². The minimum Gasteiger partial charge on any atom is -0.488 e. The molecule has 2 rings (SSSR count). The van der Waals surface area contributed by atoms with Crippen LogP contribution in [-0.2, 0) is 11.2 Å². The van der Waals surface area contributed by atoms with Crippen molar-refractivity contribution in [1.82, 2.24) is 16.0 Å². The first-order valence-corrected chi connectivity index (χ1v) is 9.61. The largest absolute Gasteiger partial charge is 0.488 e. The third-order valence-corrected chi connectivity index (χ3v) is 3.83. The molecular formula is C20H33IN4O3. The van der Waals surface area contributed by atoms with Crippen LogP contribution in [0.2, 0.25) is 0 Å². The van der Waals surface area contributed by atoms with Gasteiger partial charge in [-0.3, -0.25) is 0 Å². The smallest absolute Gasteiger partial charge is 0.407 e. The fourth-order valence-corrected chi connectivity index (χ4v) is 2.69. The summed E-state index contributed by atoms with van der Waals surface area (Å²) >= 11 is 0. The maximum Gasteiger partial charge on any atom is 0.407 e. The van der Waals surface area contributed by atoms with E-state index in [1.807, 2.05) is 45.9 Å². The Morgan fingerprint density at radius 2 is 1.93 bits per heavy atom. The molecule has 1 amide bonds. The first-order valence-electron chi connectivity index (χ1n) is 9.61. The number of para-hydroxylation sites is 1. The second-order valence-electron chi connectivity index (χ2n) is 7.48. The number of fused-ring (bicyclic) bond motifs is 1. The molecule has 0 saturated heterocycles. The van der Waals surface area contributed by atoms with Crippen LogP contribution in [0.25, 0.3) is 0 Å². The monoisotopic (exact) mass is 504 g/mol. The van der Waals surface area contributed by atoms with Crippen LogP contribution in [0.3, 0.4) is 0 Å². The molecule has 0 aliphatic carbocycles. The molecule has 1 atom stereocenters. The van der Waals surface area contributed by atoms with Crippen LogP contribution in [0.1, 0.15) is 39.7 Å². The number of ether oxygens (including phenoxy) is 2. The van der Waals surface area contributed by atoms with Crippen molar-refractivity contribution in [3.63, 3.8) is 0 Å². The standard InChI is InChI=1S/C20H32N4O3.HI/c1-5-21-18(22-11-8-12-23-19(25)27-20(2,3)4)24-14-16-13-15-9-6-7-10-17(15)26-16;/h6-7,9-10,16H,5,8,11-14H2,1-4H3,(H,23,25)(H2,21,22,24);1H. The molecule has 3 N–H and O–H groups in total. The zero-order valence-corrected chi connectivity index (χ0v) is 19.5. The summed E-state index contributed by atoms with van der Waals surface area (Å²) in [5, 5.41) is 9.26. The molecule has 1 heterocycles. The highest BCUT2D eigenvalue weighted by molar-refractivity contribution is 14.0. The number of rotatable bonds is 7. The van der Waals surface area contributed by atoms with E-state index >= 15 is 0 Å². The number of hydrogen-bond acceptors (Lipinski definition) is 4. The van der Waals surface area contributed by atoms with Gasteiger partial charge in [-0.05, 0) is 45.7 Å². The summed E-state index contributed by atoms with van der Waals surface area (Å²) in [5.41, 5.74) is 0.763. The summed E-state index contributed by atoms with van der Waals surface area (Å²) in [7, 11) is 0. The van der Waals surface area contributed by atoms with Crippen molar-refractivity contribution in [2.75, 3.05) is 26.2 Å². The van der Waals surface area contributed by atoms with E-state index in [9.17, 15) is 4.79 Å². The number of nitrogens with one attached hydrogen (secondary N) is 3. The van der Waals surface area contributed by atoms with E-state index < -0.39 is 5.60 Å². The molecule has 0 aromatic heterocycles. The Morgan fingerprint density at radius 3 is 2.61 bits per heavy atom. The van der Waals surface area contributed by atoms with Crippen LogP contribution in [0.15, 0.2) is 29.3 Å². The predicted molar refractivity (Wildman–Crippen MR) is 123 cm³/mol. The Hall–Kier alpha value is -1.71. The summed E-state index contributed by atoms with van der Waals surface area (Å²) < 4.78 is 11.1. The molecule has 0 bridgehead atoms. The van der Waals surface area contributed by atoms with Crippen LogP contribution in [0.5, 0.6) is 5.75 Å². The Morgan fingerprint density at radius 1 is 1.21 bits per heavy atom. The topological polar surface area (TPSA) is 84.0 Å². The van der Waals surface area contributed by atoms with Gasteiger partial charge in [-0.2, -0.15) is 0 Å². The first-order chi connectivity index (χ1) is 12.9. The van der Waals surface area contributed by atoms with Crippen molar-refractivity contribution >= 4 is 36.0 Å². The average Bonchev–Trinajstić information content (AvgIpc) is 3.00. The number of guanidine groups is 1. The lowest BCUT2D eigenvalue weighted by Crippen LogP contribution is -2.40. The molecule has 8 heteroatoms. The molecular weight excluding hydrogens is 471 g/mol. The molecule has 1 aliphatic heterocycles. The summed E-state index contributed by atoms with van der Waals surface area (Å²) in [4.78, 5) is 16.2. The molecule has 158 valence electrons. The molecule has 1 aromatic rings. The minimum absolute atomic E-state index is 0. The van der Waals surface area contributed by atoms with Gasteiger partial charge in [0, 0.05) is 26.1 Å². The highest BCUT2D eigenvalue weighted by atomic mass is 127. The van der Waals surface area contributed by atoms with Gasteiger partial charge >= 0.3 is 6.09 Å². The fourth-order valence-electron chi connectivity index (χ4n) is 2.69. The highest BCUT2D eigenvalue weighted by Crippen LogP contribution is 2.28. The van der Waals surface area contributed by atoms with Crippen LogP contribution < -0.4 is 20.7 Å². The second kappa shape index (κ2) is 12.0. The molecule has 28 heavy (non-hydrogen) atoms. The van der Waals surface area contributed by atoms with E-state index in [0.29, 0.717) is 19.6 Å². The second-order valence-corrected chi connectivity index (χ2v) is 7.48. The number of alkyl carbamates (subject to hydrolysis) is 1. The van der Waals surface area contributed by atoms with Crippen molar-refractivity contribution in [3.8, 4) is 5.75 Å². The van der Waals surface area contributed by atoms with Gasteiger partial charge in [0.2, 0.25) is 0 Å². The number of hydrogen-bond donors (Lipinski definition) is 3. The number of amides is 1. The number of aliphatic imine (C=N–C) groups is 1. The lowest BCUT2D eigenvalue weighted by atomic mass is 10.1. The predicted octanol–water partition coefficient (Wildman–Crippen LogP) is 3.08. The number of carbonyl (C=O) groups is 1. The maximum absolute atomic E-state index is 11.6. The minimum atomic E-state index is -0.477. The summed E-state index contributed by atoms with van der Waals surface area (Å²) in [6.45, 7) is 10.2. The maximum atomic E-state index is 11.6. The Labute approximate surface area is 185 Å². The molecule has 0 spiro atoms. The van der Waals surface area contributed by atoms with Crippen molar-refractivity contribution < 1.29 is 14.3 Å². The van der Waals surface area contributed by atoms with Gasteiger partial charge < -0.3 is 25.4 Å². The van der Waals surface area contributed by atoms with Crippen molar-refractivity contribution in [2.45, 2.75) is 52.2 Å². The van der Waals surface area contributed by atoms with E-state index in [1.165, 1.54) is 5.56 Å². The van der Waals surface area contributed by atoms with Gasteiger partial charge in [0.05, 0.1) is 6.54 Å². The third kappa shape index (κ3) is 8.99. The van der Waals surface area contributed by atoms with Crippen LogP contribution in [-0.4, -0.2) is 49.9 Å². The molecule has 0 saturated carbocycles. The van der Waals surface area contributed by atoms with Gasteiger partial charge in [-0.15, -0.1) is 24.0 Å². The molecule has 1 unspecified atom stereocenters. The lowest BCUT2D eigenvalue weighted by molar-refractivity contribution is 0.0527. The zero-order chi connectivity index (χ0) is 19.7. The van der Waals surface area contributed by atoms with Gasteiger partial charge in [-0.25, -0.2) is 9.79 Å². The zero-order valence-electron chi connectivity index (χ0n) is 17.2. The molecule has 1 aromatic carbocycles. The lowest BCUT2D eigenvalue weighted by Gasteiger charge is -2.19. The molecule has 0 radical (unpaired) electrons. The van der Waals surface area contributed by atoms with E-state index in [-0.39, 0.29) is 36.2 Å². The Bertz CT molecular complexity index is 622. The summed E-state index contributed by atoms with van der Waals surface area (Å²) in [5.74, 6) is 1.72. The summed E-state index contributed by atoms with van der Waals surface area (Å²) in [6, 6.07) is 8.12. The molecule has 7 nitrogen and oxygen atoms in total. The quantitative estimate of drug-likeness (QED) is 0.230. The van der Waals surface area contributed by atoms with Gasteiger partial charge in [0.25, 0.3) is 0 Å². The number of benzene rings is 1. The number of nitrogens with zero attached hydrogens (tertiary/aromatic N) is 1. The Kier molecular flexibility index (Phi) is 10.4. The van der Waals surface area contributed by atoms with E-state index in [4.69, 9.17) is 9.47 Å². The molecule has 0 fully saturated rings. The van der Waals surface area contributed by atoms with Gasteiger partial charge in [-0.1, -0.05) is 18.2 Å². The molecule has 1 aliphatic rings. The summed E-state index contributed by atoms with van der Waals surface area (Å²) in [6.07, 6.45) is 1.35. The van der Waals surface area contributed by atoms with Gasteiger partial charge in [0.1, 0.15) is 17.5 Å². The average molecular weight is 504 g/mol. The number of carbonyl (C=O) groups excluding carboxylic acids is 1. The third-order valence-electron chi connectivity index (χ3n) is 3.83. The fraction of sp³-hybridized carbons (Fsp3) is 0.600. The normalized spacial score (nSPS) is 15.7. The van der Waals surface area contributed by atoms with E-state index in [0.717, 1.165) is 31.1 Å². The van der Waals surface area contributed by atoms with E-state index in [1.54, 1.807) is 0 Å². The SMILES string of the molecule is CCNC(=NCC1Cc2ccccc2O1)NCCCNC(=O)OC(C)(C)C.I. The van der Waals surface area contributed by atoms with Crippen molar-refractivity contribution in [1.29, 1.82) is 0 Å². The Balaban J connectivity index is 0.00000392. The first kappa shape index (κ1) is 24.3. The van der Waals surface area contributed by atoms with Crippen molar-refractivity contribution in [3.05, 3.63) is 29.8 Å². The van der Waals surface area contributed by atoms with Crippen molar-refractivity contribution in [2.24, 2.45) is 4.99 Å². The highest BCUT2D eigenvalue weighted by Gasteiger charge is 2.21. The van der Waals surface area contributed by atoms with E-state index in [2.05, 4.69) is 27.0 Å². The van der Waals surface area contributed by atoms with Crippen LogP contribution in [0.4, 0.5) is 4.79 Å². The van der Waals surface area contributed by atoms with Gasteiger partial charge in [0.15, 0.2) is 5.96 Å². The van der Waals surface area contributed by atoms with Crippen LogP contribution in [0, 0.1) is 0 Å².